The van der Waals surface area contributed by atoms with Crippen molar-refractivity contribution >= 4 is 11.6 Å². The van der Waals surface area contributed by atoms with Crippen LogP contribution in [-0.2, 0) is 6.54 Å². The largest absolute Gasteiger partial charge is 0.316 e. The number of aromatic nitrogens is 2. The Balaban J connectivity index is 2.48. The minimum Gasteiger partial charge on any atom is -0.316 e. The van der Waals surface area contributed by atoms with Crippen LogP contribution in [0.15, 0.2) is 24.3 Å². The molecule has 0 aliphatic heterocycles. The molecule has 2 aromatic rings. The van der Waals surface area contributed by atoms with Gasteiger partial charge < -0.3 is 5.32 Å². The number of hydrogen-bond donors (Lipinski definition) is 1. The first kappa shape index (κ1) is 13.0. The molecule has 0 spiro atoms. The Morgan fingerprint density at radius 1 is 1.17 bits per heavy atom. The maximum Gasteiger partial charge on any atom is 0.159 e. The lowest BCUT2D eigenvalue weighted by molar-refractivity contribution is 0.787. The molecule has 0 amide bonds. The molecule has 0 aliphatic rings. The lowest BCUT2D eigenvalue weighted by Gasteiger charge is -2.10. The smallest absolute Gasteiger partial charge is 0.159 e. The summed E-state index contributed by atoms with van der Waals surface area (Å²) in [6.45, 7) is 4.80. The summed E-state index contributed by atoms with van der Waals surface area (Å²) in [4.78, 5) is 9.11. The highest BCUT2D eigenvalue weighted by Gasteiger charge is 2.09. The van der Waals surface area contributed by atoms with Crippen LogP contribution in [0.4, 0.5) is 0 Å². The summed E-state index contributed by atoms with van der Waals surface area (Å²) in [5.41, 5.74) is 4.12. The highest BCUT2D eigenvalue weighted by atomic mass is 35.5. The van der Waals surface area contributed by atoms with Crippen LogP contribution in [0.2, 0.25) is 5.02 Å². The third-order valence-electron chi connectivity index (χ3n) is 2.86. The van der Waals surface area contributed by atoms with Gasteiger partial charge in [0.1, 0.15) is 0 Å². The molecule has 0 radical (unpaired) electrons. The lowest BCUT2D eigenvalue weighted by Crippen LogP contribution is -2.11. The van der Waals surface area contributed by atoms with Crippen molar-refractivity contribution < 1.29 is 0 Å². The van der Waals surface area contributed by atoms with E-state index in [-0.39, 0.29) is 0 Å². The maximum atomic E-state index is 5.99. The molecule has 0 fully saturated rings. The fraction of sp³-hybridized carbons (Fsp3) is 0.286. The van der Waals surface area contributed by atoms with E-state index in [1.54, 1.807) is 0 Å². The Kier molecular flexibility index (Phi) is 3.94. The molecule has 1 aromatic heterocycles. The predicted octanol–water partition coefficient (Wildman–Crippen LogP) is 3.13. The molecule has 0 saturated carbocycles. The number of benzene rings is 1. The van der Waals surface area contributed by atoms with E-state index in [1.807, 2.05) is 45.2 Å². The standard InChI is InChI=1S/C14H16ClN3/c1-9-13(8-16-3)10(2)18-14(17-9)11-5-4-6-12(15)7-11/h4-7,16H,8H2,1-3H3. The third kappa shape index (κ3) is 2.68. The summed E-state index contributed by atoms with van der Waals surface area (Å²) >= 11 is 5.99. The van der Waals surface area contributed by atoms with E-state index in [2.05, 4.69) is 15.3 Å². The Morgan fingerprint density at radius 3 is 2.39 bits per heavy atom. The van der Waals surface area contributed by atoms with Crippen LogP contribution >= 0.6 is 11.6 Å². The maximum absolute atomic E-state index is 5.99. The van der Waals surface area contributed by atoms with Crippen molar-refractivity contribution in [2.75, 3.05) is 7.05 Å². The van der Waals surface area contributed by atoms with E-state index in [4.69, 9.17) is 11.6 Å². The van der Waals surface area contributed by atoms with Gasteiger partial charge in [-0.25, -0.2) is 9.97 Å². The number of nitrogens with zero attached hydrogens (tertiary/aromatic N) is 2. The monoisotopic (exact) mass is 261 g/mol. The van der Waals surface area contributed by atoms with Gasteiger partial charge in [0.25, 0.3) is 0 Å². The third-order valence-corrected chi connectivity index (χ3v) is 3.09. The van der Waals surface area contributed by atoms with Crippen LogP contribution in [0.25, 0.3) is 11.4 Å². The first-order chi connectivity index (χ1) is 8.61. The van der Waals surface area contributed by atoms with Gasteiger partial charge in [0.15, 0.2) is 5.82 Å². The Hall–Kier alpha value is -1.45. The molecule has 3 nitrogen and oxygen atoms in total. The minimum atomic E-state index is 0.700. The molecule has 4 heteroatoms. The van der Waals surface area contributed by atoms with Crippen molar-refractivity contribution in [2.45, 2.75) is 20.4 Å². The summed E-state index contributed by atoms with van der Waals surface area (Å²) < 4.78 is 0. The van der Waals surface area contributed by atoms with E-state index in [1.165, 1.54) is 0 Å². The number of halogens is 1. The second kappa shape index (κ2) is 5.46. The quantitative estimate of drug-likeness (QED) is 0.922. The van der Waals surface area contributed by atoms with Crippen LogP contribution in [0.3, 0.4) is 0 Å². The summed E-state index contributed by atoms with van der Waals surface area (Å²) in [5, 5.41) is 3.83. The average Bonchev–Trinajstić information content (AvgIpc) is 2.33. The molecular formula is C14H16ClN3. The SMILES string of the molecule is CNCc1c(C)nc(-c2cccc(Cl)c2)nc1C. The topological polar surface area (TPSA) is 37.8 Å². The molecular weight excluding hydrogens is 246 g/mol. The van der Waals surface area contributed by atoms with E-state index in [9.17, 15) is 0 Å². The fourth-order valence-corrected chi connectivity index (χ4v) is 2.12. The van der Waals surface area contributed by atoms with Gasteiger partial charge in [-0.3, -0.25) is 0 Å². The van der Waals surface area contributed by atoms with Crippen molar-refractivity contribution in [1.29, 1.82) is 0 Å². The van der Waals surface area contributed by atoms with Gasteiger partial charge in [0, 0.05) is 34.1 Å². The minimum absolute atomic E-state index is 0.700. The van der Waals surface area contributed by atoms with Crippen molar-refractivity contribution in [3.05, 3.63) is 46.2 Å². The Bertz CT molecular complexity index is 544. The zero-order valence-electron chi connectivity index (χ0n) is 10.8. The molecule has 0 bridgehead atoms. The fourth-order valence-electron chi connectivity index (χ4n) is 1.93. The van der Waals surface area contributed by atoms with Crippen LogP contribution in [0.5, 0.6) is 0 Å². The number of nitrogens with one attached hydrogen (secondary N) is 1. The molecule has 94 valence electrons. The molecule has 1 aromatic carbocycles. The first-order valence-electron chi connectivity index (χ1n) is 5.86. The Labute approximate surface area is 112 Å². The molecule has 2 rings (SSSR count). The van der Waals surface area contributed by atoms with Gasteiger partial charge in [0.2, 0.25) is 0 Å². The summed E-state index contributed by atoms with van der Waals surface area (Å²) in [5.74, 6) is 0.729. The molecule has 0 saturated heterocycles. The highest BCUT2D eigenvalue weighted by Crippen LogP contribution is 2.21. The normalized spacial score (nSPS) is 10.7. The second-order valence-corrected chi connectivity index (χ2v) is 4.67. The second-order valence-electron chi connectivity index (χ2n) is 4.24. The van der Waals surface area contributed by atoms with Crippen LogP contribution in [-0.4, -0.2) is 17.0 Å². The zero-order chi connectivity index (χ0) is 13.1. The summed E-state index contributed by atoms with van der Waals surface area (Å²) in [7, 11) is 1.92. The van der Waals surface area contributed by atoms with Gasteiger partial charge in [0.05, 0.1) is 0 Å². The van der Waals surface area contributed by atoms with Crippen LogP contribution in [0.1, 0.15) is 17.0 Å². The van der Waals surface area contributed by atoms with Crippen LogP contribution in [0, 0.1) is 13.8 Å². The molecule has 18 heavy (non-hydrogen) atoms. The Morgan fingerprint density at radius 2 is 1.83 bits per heavy atom. The van der Waals surface area contributed by atoms with Crippen molar-refractivity contribution in [1.82, 2.24) is 15.3 Å². The van der Waals surface area contributed by atoms with Gasteiger partial charge in [-0.2, -0.15) is 0 Å². The predicted molar refractivity (Wildman–Crippen MR) is 74.7 cm³/mol. The van der Waals surface area contributed by atoms with E-state index in [0.29, 0.717) is 5.02 Å². The molecule has 0 unspecified atom stereocenters. The zero-order valence-corrected chi connectivity index (χ0v) is 11.5. The first-order valence-corrected chi connectivity index (χ1v) is 6.24. The van der Waals surface area contributed by atoms with Crippen molar-refractivity contribution in [2.24, 2.45) is 0 Å². The van der Waals surface area contributed by atoms with E-state index < -0.39 is 0 Å². The van der Waals surface area contributed by atoms with Gasteiger partial charge >= 0.3 is 0 Å². The van der Waals surface area contributed by atoms with Gasteiger partial charge in [-0.1, -0.05) is 23.7 Å². The number of hydrogen-bond acceptors (Lipinski definition) is 3. The molecule has 1 N–H and O–H groups in total. The van der Waals surface area contributed by atoms with Crippen molar-refractivity contribution in [3.63, 3.8) is 0 Å². The highest BCUT2D eigenvalue weighted by molar-refractivity contribution is 6.30. The summed E-state index contributed by atoms with van der Waals surface area (Å²) in [6.07, 6.45) is 0. The van der Waals surface area contributed by atoms with Crippen molar-refractivity contribution in [3.8, 4) is 11.4 Å². The number of aryl methyl sites for hydroxylation is 2. The molecule has 0 aliphatic carbocycles. The van der Waals surface area contributed by atoms with E-state index >= 15 is 0 Å². The average molecular weight is 262 g/mol. The van der Waals surface area contributed by atoms with Crippen LogP contribution < -0.4 is 5.32 Å². The van der Waals surface area contributed by atoms with E-state index in [0.717, 1.165) is 34.9 Å². The molecule has 0 atom stereocenters. The van der Waals surface area contributed by atoms with Gasteiger partial charge in [-0.15, -0.1) is 0 Å². The van der Waals surface area contributed by atoms with Gasteiger partial charge in [-0.05, 0) is 33.0 Å². The lowest BCUT2D eigenvalue weighted by atomic mass is 10.1. The number of rotatable bonds is 3. The molecule has 1 heterocycles. The summed E-state index contributed by atoms with van der Waals surface area (Å²) in [6, 6.07) is 7.61.